The van der Waals surface area contributed by atoms with Crippen LogP contribution < -0.4 is 0 Å². The molecule has 0 bridgehead atoms. The molecule has 0 radical (unpaired) electrons. The zero-order valence-corrected chi connectivity index (χ0v) is 8.56. The van der Waals surface area contributed by atoms with Gasteiger partial charge in [-0.05, 0) is 24.4 Å². The number of H-pyrrole nitrogens is 1. The SMILES string of the molecule is Cl.O.S=c1[nH]nc(-c2ccncc2)o1. The molecular formula is C7H8ClN3O2S. The van der Waals surface area contributed by atoms with Crippen molar-refractivity contribution in [1.29, 1.82) is 0 Å². The molecule has 2 aromatic heterocycles. The predicted octanol–water partition coefficient (Wildman–Crippen LogP) is 1.39. The largest absolute Gasteiger partial charge is 0.412 e. The number of nitrogens with zero attached hydrogens (tertiary/aromatic N) is 2. The lowest BCUT2D eigenvalue weighted by Gasteiger charge is -1.89. The van der Waals surface area contributed by atoms with Crippen LogP contribution in [0.2, 0.25) is 0 Å². The molecule has 3 N–H and O–H groups in total. The van der Waals surface area contributed by atoms with Gasteiger partial charge >= 0.3 is 0 Å². The summed E-state index contributed by atoms with van der Waals surface area (Å²) in [4.78, 5) is 4.15. The van der Waals surface area contributed by atoms with Gasteiger partial charge in [0.2, 0.25) is 5.89 Å². The zero-order valence-electron chi connectivity index (χ0n) is 6.93. The van der Waals surface area contributed by atoms with Gasteiger partial charge in [0, 0.05) is 18.0 Å². The first-order valence-electron chi connectivity index (χ1n) is 3.32. The van der Waals surface area contributed by atoms with E-state index in [-0.39, 0.29) is 22.7 Å². The second kappa shape index (κ2) is 5.48. The number of nitrogens with one attached hydrogen (secondary N) is 1. The van der Waals surface area contributed by atoms with E-state index in [0.29, 0.717) is 5.89 Å². The summed E-state index contributed by atoms with van der Waals surface area (Å²) in [5, 5.41) is 6.41. The third kappa shape index (κ3) is 2.63. The van der Waals surface area contributed by atoms with Gasteiger partial charge in [-0.3, -0.25) is 4.98 Å². The smallest absolute Gasteiger partial charge is 0.284 e. The van der Waals surface area contributed by atoms with Gasteiger partial charge in [-0.2, -0.15) is 0 Å². The summed E-state index contributed by atoms with van der Waals surface area (Å²) in [6, 6.07) is 3.60. The van der Waals surface area contributed by atoms with Gasteiger partial charge in [-0.15, -0.1) is 17.5 Å². The molecule has 0 fully saturated rings. The van der Waals surface area contributed by atoms with Crippen LogP contribution in [-0.4, -0.2) is 20.7 Å². The molecule has 0 aliphatic heterocycles. The first kappa shape index (κ1) is 12.8. The summed E-state index contributed by atoms with van der Waals surface area (Å²) in [5.41, 5.74) is 0.859. The third-order valence-electron chi connectivity index (χ3n) is 1.37. The Labute approximate surface area is 90.9 Å². The number of halogens is 1. The Morgan fingerprint density at radius 1 is 1.29 bits per heavy atom. The highest BCUT2D eigenvalue weighted by Crippen LogP contribution is 2.13. The molecule has 0 aliphatic rings. The van der Waals surface area contributed by atoms with Crippen LogP contribution >= 0.6 is 24.6 Å². The molecule has 0 aliphatic carbocycles. The molecule has 2 aromatic rings. The summed E-state index contributed by atoms with van der Waals surface area (Å²) in [7, 11) is 0. The van der Waals surface area contributed by atoms with Crippen LogP contribution in [0.4, 0.5) is 0 Å². The fraction of sp³-hybridized carbons (Fsp3) is 0. The van der Waals surface area contributed by atoms with Gasteiger partial charge in [-0.25, -0.2) is 5.10 Å². The number of hydrogen-bond donors (Lipinski definition) is 1. The molecule has 0 spiro atoms. The van der Waals surface area contributed by atoms with E-state index in [1.165, 1.54) is 0 Å². The van der Waals surface area contributed by atoms with Crippen molar-refractivity contribution in [2.24, 2.45) is 0 Å². The highest BCUT2D eigenvalue weighted by atomic mass is 35.5. The lowest BCUT2D eigenvalue weighted by Crippen LogP contribution is -1.77. The number of rotatable bonds is 1. The molecule has 14 heavy (non-hydrogen) atoms. The second-order valence-electron chi connectivity index (χ2n) is 2.15. The van der Waals surface area contributed by atoms with E-state index < -0.39 is 0 Å². The standard InChI is InChI=1S/C7H5N3OS.ClH.H2O/c12-7-10-9-6(11-7)5-1-3-8-4-2-5;;/h1-4H,(H,10,12);1H;1H2. The first-order valence-corrected chi connectivity index (χ1v) is 3.73. The van der Waals surface area contributed by atoms with Crippen molar-refractivity contribution in [2.45, 2.75) is 0 Å². The highest BCUT2D eigenvalue weighted by Gasteiger charge is 2.01. The van der Waals surface area contributed by atoms with Gasteiger partial charge in [-0.1, -0.05) is 0 Å². The Morgan fingerprint density at radius 3 is 2.43 bits per heavy atom. The molecule has 0 unspecified atom stereocenters. The third-order valence-corrected chi connectivity index (χ3v) is 1.54. The van der Waals surface area contributed by atoms with Crippen LogP contribution in [0.1, 0.15) is 0 Å². The van der Waals surface area contributed by atoms with Crippen LogP contribution in [0.15, 0.2) is 28.9 Å². The average Bonchev–Trinajstić information content (AvgIpc) is 2.54. The fourth-order valence-corrected chi connectivity index (χ4v) is 0.972. The monoisotopic (exact) mass is 233 g/mol. The van der Waals surface area contributed by atoms with Crippen molar-refractivity contribution in [2.75, 3.05) is 0 Å². The highest BCUT2D eigenvalue weighted by molar-refractivity contribution is 7.71. The minimum absolute atomic E-state index is 0. The van der Waals surface area contributed by atoms with E-state index in [9.17, 15) is 0 Å². The van der Waals surface area contributed by atoms with Crippen LogP contribution in [0.5, 0.6) is 0 Å². The second-order valence-corrected chi connectivity index (χ2v) is 2.52. The molecule has 0 amide bonds. The number of hydrogen-bond acceptors (Lipinski definition) is 4. The summed E-state index contributed by atoms with van der Waals surface area (Å²) in [6.45, 7) is 0. The van der Waals surface area contributed by atoms with Crippen molar-refractivity contribution in [3.8, 4) is 11.5 Å². The molecule has 0 atom stereocenters. The van der Waals surface area contributed by atoms with Crippen LogP contribution in [0.25, 0.3) is 11.5 Å². The van der Waals surface area contributed by atoms with E-state index in [0.717, 1.165) is 5.56 Å². The Balaban J connectivity index is 0.000000845. The molecule has 5 nitrogen and oxygen atoms in total. The summed E-state index contributed by atoms with van der Waals surface area (Å²) < 4.78 is 5.09. The Hall–Kier alpha value is -1.24. The lowest BCUT2D eigenvalue weighted by molar-refractivity contribution is 0.552. The molecule has 7 heteroatoms. The van der Waals surface area contributed by atoms with Crippen molar-refractivity contribution in [3.05, 3.63) is 29.4 Å². The quantitative estimate of drug-likeness (QED) is 0.754. The maximum absolute atomic E-state index is 5.09. The van der Waals surface area contributed by atoms with Crippen LogP contribution in [0.3, 0.4) is 0 Å². The minimum Gasteiger partial charge on any atom is -0.412 e. The maximum Gasteiger partial charge on any atom is 0.284 e. The minimum atomic E-state index is 0. The first-order chi connectivity index (χ1) is 5.86. The predicted molar refractivity (Wildman–Crippen MR) is 55.8 cm³/mol. The molecule has 2 heterocycles. The maximum atomic E-state index is 5.09. The Morgan fingerprint density at radius 2 is 1.93 bits per heavy atom. The fourth-order valence-electron chi connectivity index (χ4n) is 0.848. The summed E-state index contributed by atoms with van der Waals surface area (Å²) >= 11 is 4.73. The molecule has 2 rings (SSSR count). The van der Waals surface area contributed by atoms with Gasteiger partial charge in [0.05, 0.1) is 0 Å². The van der Waals surface area contributed by atoms with Gasteiger partial charge in [0.15, 0.2) is 0 Å². The van der Waals surface area contributed by atoms with Crippen molar-refractivity contribution in [3.63, 3.8) is 0 Å². The van der Waals surface area contributed by atoms with E-state index in [4.69, 9.17) is 16.6 Å². The van der Waals surface area contributed by atoms with Crippen molar-refractivity contribution in [1.82, 2.24) is 15.2 Å². The number of aromatic nitrogens is 3. The van der Waals surface area contributed by atoms with E-state index in [1.807, 2.05) is 0 Å². The van der Waals surface area contributed by atoms with E-state index >= 15 is 0 Å². The molecule has 0 saturated carbocycles. The Bertz CT molecular complexity index is 428. The van der Waals surface area contributed by atoms with Crippen molar-refractivity contribution < 1.29 is 9.89 Å². The summed E-state index contributed by atoms with van der Waals surface area (Å²) in [5.74, 6) is 0.488. The normalized spacial score (nSPS) is 8.57. The van der Waals surface area contributed by atoms with Gasteiger partial charge in [0.1, 0.15) is 0 Å². The lowest BCUT2D eigenvalue weighted by atomic mass is 10.3. The van der Waals surface area contributed by atoms with Crippen LogP contribution in [-0.2, 0) is 0 Å². The molecule has 0 aromatic carbocycles. The Kier molecular flexibility index (Phi) is 5.00. The summed E-state index contributed by atoms with van der Waals surface area (Å²) in [6.07, 6.45) is 3.34. The zero-order chi connectivity index (χ0) is 8.39. The molecule has 76 valence electrons. The van der Waals surface area contributed by atoms with Crippen LogP contribution in [0, 0.1) is 4.84 Å². The van der Waals surface area contributed by atoms with E-state index in [1.54, 1.807) is 24.5 Å². The van der Waals surface area contributed by atoms with Crippen molar-refractivity contribution >= 4 is 24.6 Å². The average molecular weight is 234 g/mol. The van der Waals surface area contributed by atoms with Gasteiger partial charge in [0.25, 0.3) is 4.84 Å². The van der Waals surface area contributed by atoms with E-state index in [2.05, 4.69) is 15.2 Å². The topological polar surface area (TPSA) is 86.2 Å². The number of pyridine rings is 1. The molecule has 0 saturated heterocycles. The van der Waals surface area contributed by atoms with Gasteiger partial charge < -0.3 is 9.89 Å². The number of aromatic amines is 1. The molecular weight excluding hydrogens is 226 g/mol.